The molecular weight excluding hydrogens is 381 g/mol. The minimum Gasteiger partial charge on any atom is -0.616 e. The number of halogens is 2. The molecule has 0 aliphatic heterocycles. The Kier molecular flexibility index (Phi) is 4.77. The third kappa shape index (κ3) is 3.30. The number of H-pyrrole nitrogens is 1. The van der Waals surface area contributed by atoms with E-state index < -0.39 is 17.3 Å². The first kappa shape index (κ1) is 16.5. The van der Waals surface area contributed by atoms with E-state index in [-0.39, 0.29) is 11.6 Å². The van der Waals surface area contributed by atoms with Gasteiger partial charge in [0.25, 0.3) is 0 Å². The Balaban J connectivity index is 2.26. The molecule has 2 unspecified atom stereocenters. The van der Waals surface area contributed by atoms with Gasteiger partial charge in [0.1, 0.15) is 17.7 Å². The number of aromatic amines is 1. The minimum absolute atomic E-state index is 0.121. The van der Waals surface area contributed by atoms with Crippen LogP contribution in [-0.4, -0.2) is 26.7 Å². The Labute approximate surface area is 144 Å². The van der Waals surface area contributed by atoms with Crippen molar-refractivity contribution in [2.24, 2.45) is 0 Å². The highest BCUT2D eigenvalue weighted by Gasteiger charge is 2.23. The fourth-order valence-electron chi connectivity index (χ4n) is 2.68. The second-order valence-electron chi connectivity index (χ2n) is 5.35. The highest BCUT2D eigenvalue weighted by Crippen LogP contribution is 2.37. The SMILES string of the molecule is C[S+]([O-])CC(O)c1[nH]c2cc(F)c(Br)cc2c1-c1ccccc1. The van der Waals surface area contributed by atoms with Crippen molar-refractivity contribution in [2.45, 2.75) is 6.10 Å². The molecule has 6 heteroatoms. The largest absolute Gasteiger partial charge is 0.616 e. The molecule has 3 rings (SSSR count). The van der Waals surface area contributed by atoms with Gasteiger partial charge in [0.05, 0.1) is 16.4 Å². The normalized spacial score (nSPS) is 14.1. The number of aliphatic hydroxyl groups is 1. The maximum atomic E-state index is 13.8. The second-order valence-corrected chi connectivity index (χ2v) is 7.68. The Morgan fingerprint density at radius 2 is 2.00 bits per heavy atom. The van der Waals surface area contributed by atoms with Crippen molar-refractivity contribution >= 4 is 38.0 Å². The van der Waals surface area contributed by atoms with Crippen molar-refractivity contribution < 1.29 is 14.0 Å². The van der Waals surface area contributed by atoms with Gasteiger partial charge in [-0.3, -0.25) is 0 Å². The van der Waals surface area contributed by atoms with Crippen LogP contribution >= 0.6 is 15.9 Å². The van der Waals surface area contributed by atoms with Crippen LogP contribution in [0, 0.1) is 5.82 Å². The molecular formula is C17H15BrFNO2S. The van der Waals surface area contributed by atoms with Crippen molar-refractivity contribution in [3.63, 3.8) is 0 Å². The number of fused-ring (bicyclic) bond motifs is 1. The summed E-state index contributed by atoms with van der Waals surface area (Å²) in [5.41, 5.74) is 2.87. The average Bonchev–Trinajstić information content (AvgIpc) is 2.86. The van der Waals surface area contributed by atoms with Gasteiger partial charge in [-0.25, -0.2) is 4.39 Å². The molecule has 2 aromatic carbocycles. The summed E-state index contributed by atoms with van der Waals surface area (Å²) < 4.78 is 25.7. The smallest absolute Gasteiger partial charge is 0.139 e. The van der Waals surface area contributed by atoms with E-state index in [4.69, 9.17) is 0 Å². The van der Waals surface area contributed by atoms with Crippen LogP contribution in [0.15, 0.2) is 46.9 Å². The molecule has 0 saturated carbocycles. The minimum atomic E-state index is -1.14. The Morgan fingerprint density at radius 1 is 1.30 bits per heavy atom. The molecule has 0 bridgehead atoms. The molecule has 0 amide bonds. The summed E-state index contributed by atoms with van der Waals surface area (Å²) in [6.45, 7) is 0. The van der Waals surface area contributed by atoms with Crippen molar-refractivity contribution in [3.8, 4) is 11.1 Å². The van der Waals surface area contributed by atoms with E-state index in [0.29, 0.717) is 15.7 Å². The predicted octanol–water partition coefficient (Wildman–Crippen LogP) is 4.15. The van der Waals surface area contributed by atoms with E-state index in [1.54, 1.807) is 12.3 Å². The monoisotopic (exact) mass is 395 g/mol. The third-order valence-corrected chi connectivity index (χ3v) is 5.05. The molecule has 0 radical (unpaired) electrons. The molecule has 0 aliphatic rings. The van der Waals surface area contributed by atoms with Crippen LogP contribution in [0.5, 0.6) is 0 Å². The van der Waals surface area contributed by atoms with E-state index >= 15 is 0 Å². The molecule has 120 valence electrons. The highest BCUT2D eigenvalue weighted by molar-refractivity contribution is 9.10. The number of rotatable bonds is 4. The number of hydrogen-bond acceptors (Lipinski definition) is 2. The van der Waals surface area contributed by atoms with Gasteiger partial charge in [-0.1, -0.05) is 41.5 Å². The molecule has 2 N–H and O–H groups in total. The van der Waals surface area contributed by atoms with Gasteiger partial charge in [-0.05, 0) is 33.6 Å². The second kappa shape index (κ2) is 6.65. The zero-order valence-electron chi connectivity index (χ0n) is 12.3. The zero-order valence-corrected chi connectivity index (χ0v) is 14.7. The first-order valence-electron chi connectivity index (χ1n) is 7.01. The molecule has 3 nitrogen and oxygen atoms in total. The summed E-state index contributed by atoms with van der Waals surface area (Å²) in [6.07, 6.45) is 0.634. The lowest BCUT2D eigenvalue weighted by atomic mass is 10.00. The average molecular weight is 396 g/mol. The molecule has 0 aliphatic carbocycles. The van der Waals surface area contributed by atoms with Gasteiger partial charge in [0.15, 0.2) is 0 Å². The van der Waals surface area contributed by atoms with Gasteiger partial charge in [0, 0.05) is 16.5 Å². The van der Waals surface area contributed by atoms with Crippen LogP contribution in [-0.2, 0) is 11.2 Å². The number of nitrogens with one attached hydrogen (secondary N) is 1. The summed E-state index contributed by atoms with van der Waals surface area (Å²) >= 11 is 2.07. The van der Waals surface area contributed by atoms with Crippen LogP contribution in [0.3, 0.4) is 0 Å². The molecule has 0 saturated heterocycles. The summed E-state index contributed by atoms with van der Waals surface area (Å²) in [7, 11) is 0. The van der Waals surface area contributed by atoms with E-state index in [1.807, 2.05) is 30.3 Å². The maximum Gasteiger partial charge on any atom is 0.139 e. The van der Waals surface area contributed by atoms with Crippen LogP contribution in [0.25, 0.3) is 22.0 Å². The van der Waals surface area contributed by atoms with Crippen molar-refractivity contribution in [2.75, 3.05) is 12.0 Å². The van der Waals surface area contributed by atoms with Crippen LogP contribution in [0.1, 0.15) is 11.8 Å². The maximum absolute atomic E-state index is 13.8. The lowest BCUT2D eigenvalue weighted by Crippen LogP contribution is -2.13. The zero-order chi connectivity index (χ0) is 16.6. The first-order valence-corrected chi connectivity index (χ1v) is 9.53. The summed E-state index contributed by atoms with van der Waals surface area (Å²) in [4.78, 5) is 3.09. The van der Waals surface area contributed by atoms with E-state index in [1.165, 1.54) is 6.07 Å². The van der Waals surface area contributed by atoms with Gasteiger partial charge in [0.2, 0.25) is 0 Å². The number of hydrogen-bond donors (Lipinski definition) is 2. The quantitative estimate of drug-likeness (QED) is 0.651. The number of aromatic nitrogens is 1. The Hall–Kier alpha value is -1.34. The van der Waals surface area contributed by atoms with Gasteiger partial charge in [-0.15, -0.1) is 0 Å². The number of aliphatic hydroxyl groups excluding tert-OH is 1. The predicted molar refractivity (Wildman–Crippen MR) is 95.3 cm³/mol. The van der Waals surface area contributed by atoms with Gasteiger partial charge in [-0.2, -0.15) is 0 Å². The van der Waals surface area contributed by atoms with Crippen molar-refractivity contribution in [1.29, 1.82) is 0 Å². The topological polar surface area (TPSA) is 59.1 Å². The Morgan fingerprint density at radius 3 is 2.65 bits per heavy atom. The van der Waals surface area contributed by atoms with E-state index in [2.05, 4.69) is 20.9 Å². The van der Waals surface area contributed by atoms with Crippen LogP contribution in [0.2, 0.25) is 0 Å². The Bertz CT molecular complexity index is 835. The van der Waals surface area contributed by atoms with Crippen LogP contribution in [0.4, 0.5) is 4.39 Å². The van der Waals surface area contributed by atoms with Gasteiger partial charge >= 0.3 is 0 Å². The molecule has 0 spiro atoms. The fourth-order valence-corrected chi connectivity index (χ4v) is 3.64. The molecule has 1 aromatic heterocycles. The van der Waals surface area contributed by atoms with Crippen molar-refractivity contribution in [1.82, 2.24) is 4.98 Å². The first-order chi connectivity index (χ1) is 11.0. The van der Waals surface area contributed by atoms with Gasteiger partial charge < -0.3 is 14.6 Å². The standard InChI is InChI=1S/C17H15BrFNO2S/c1-23(22)9-15(21)17-16(10-5-3-2-4-6-10)11-7-12(18)13(19)8-14(11)20-17/h2-8,15,20-21H,9H2,1H3. The van der Waals surface area contributed by atoms with Crippen LogP contribution < -0.4 is 0 Å². The lowest BCUT2D eigenvalue weighted by Gasteiger charge is -2.13. The van der Waals surface area contributed by atoms with E-state index in [0.717, 1.165) is 16.5 Å². The molecule has 2 atom stereocenters. The van der Waals surface area contributed by atoms with E-state index in [9.17, 15) is 14.0 Å². The highest BCUT2D eigenvalue weighted by atomic mass is 79.9. The fraction of sp³-hybridized carbons (Fsp3) is 0.176. The number of benzene rings is 2. The molecule has 0 fully saturated rings. The molecule has 1 heterocycles. The third-order valence-electron chi connectivity index (χ3n) is 3.66. The lowest BCUT2D eigenvalue weighted by molar-refractivity contribution is 0.198. The summed E-state index contributed by atoms with van der Waals surface area (Å²) in [5, 5.41) is 11.2. The molecule has 23 heavy (non-hydrogen) atoms. The molecule has 3 aromatic rings. The summed E-state index contributed by atoms with van der Waals surface area (Å²) in [6, 6.07) is 12.7. The summed E-state index contributed by atoms with van der Waals surface area (Å²) in [5.74, 6) is -0.255. The van der Waals surface area contributed by atoms with Crippen molar-refractivity contribution in [3.05, 3.63) is 58.4 Å².